The third-order valence-electron chi connectivity index (χ3n) is 8.90. The van der Waals surface area contributed by atoms with Gasteiger partial charge >= 0.3 is 0 Å². The molecule has 2 heterocycles. The fourth-order valence-corrected chi connectivity index (χ4v) is 6.48. The molecule has 33 heavy (non-hydrogen) atoms. The van der Waals surface area contributed by atoms with Gasteiger partial charge in [0.2, 0.25) is 0 Å². The molecule has 2 saturated carbocycles. The van der Waals surface area contributed by atoms with Crippen molar-refractivity contribution < 1.29 is 9.47 Å². The summed E-state index contributed by atoms with van der Waals surface area (Å²) in [6.07, 6.45) is 2.76. The lowest BCUT2D eigenvalue weighted by Crippen LogP contribution is -2.32. The lowest BCUT2D eigenvalue weighted by Gasteiger charge is -2.24. The zero-order valence-electron chi connectivity index (χ0n) is 21.0. The molecule has 6 rings (SSSR count). The van der Waals surface area contributed by atoms with Crippen molar-refractivity contribution in [3.8, 4) is 11.5 Å². The third-order valence-corrected chi connectivity index (χ3v) is 8.90. The van der Waals surface area contributed by atoms with Crippen molar-refractivity contribution in [3.63, 3.8) is 0 Å². The van der Waals surface area contributed by atoms with Crippen LogP contribution < -0.4 is 9.47 Å². The predicted molar refractivity (Wildman–Crippen MR) is 134 cm³/mol. The minimum Gasteiger partial charge on any atom is -0.497 e. The Morgan fingerprint density at radius 2 is 1.27 bits per heavy atom. The van der Waals surface area contributed by atoms with Crippen LogP contribution in [0.3, 0.4) is 0 Å². The van der Waals surface area contributed by atoms with Crippen molar-refractivity contribution in [2.24, 2.45) is 11.8 Å². The summed E-state index contributed by atoms with van der Waals surface area (Å²) in [5.41, 5.74) is 3.97. The van der Waals surface area contributed by atoms with E-state index in [1.807, 2.05) is 0 Å². The van der Waals surface area contributed by atoms with Crippen molar-refractivity contribution in [1.29, 1.82) is 0 Å². The van der Waals surface area contributed by atoms with Gasteiger partial charge in [0.15, 0.2) is 0 Å². The Hall–Kier alpha value is -2.04. The van der Waals surface area contributed by atoms with Gasteiger partial charge in [-0.3, -0.25) is 4.90 Å². The highest BCUT2D eigenvalue weighted by atomic mass is 16.5. The van der Waals surface area contributed by atoms with Gasteiger partial charge in [-0.05, 0) is 80.5 Å². The Kier molecular flexibility index (Phi) is 5.95. The van der Waals surface area contributed by atoms with Crippen LogP contribution in [0.4, 0.5) is 0 Å². The van der Waals surface area contributed by atoms with Gasteiger partial charge in [-0.15, -0.1) is 0 Å². The number of nitrogens with zero attached hydrogens (tertiary/aromatic N) is 2. The smallest absolute Gasteiger partial charge is 0.118 e. The van der Waals surface area contributed by atoms with Crippen molar-refractivity contribution in [2.45, 2.75) is 50.5 Å². The first-order chi connectivity index (χ1) is 15.9. The van der Waals surface area contributed by atoms with Crippen LogP contribution in [0.25, 0.3) is 0 Å². The van der Waals surface area contributed by atoms with Crippen LogP contribution in [0.15, 0.2) is 48.5 Å². The molecule has 0 N–H and O–H groups in total. The summed E-state index contributed by atoms with van der Waals surface area (Å²) in [7, 11) is 3.45. The molecule has 178 valence electrons. The monoisotopic (exact) mass is 448 g/mol. The van der Waals surface area contributed by atoms with E-state index in [1.165, 1.54) is 56.7 Å². The predicted octanol–water partition coefficient (Wildman–Crippen LogP) is 4.97. The lowest BCUT2D eigenvalue weighted by atomic mass is 9.95. The first kappa shape index (κ1) is 22.7. The van der Waals surface area contributed by atoms with Crippen LogP contribution in [0.1, 0.15) is 44.7 Å². The Morgan fingerprint density at radius 3 is 1.67 bits per heavy atom. The summed E-state index contributed by atoms with van der Waals surface area (Å²) in [5, 5.41) is 0. The average Bonchev–Trinajstić information content (AvgIpc) is 3.66. The SMILES string of the molecule is CCN1CC2CC2(c2ccc(OC)cc2)C1.COc1ccc(C23CC2CN(C(C)C)C3)cc1. The van der Waals surface area contributed by atoms with E-state index in [0.29, 0.717) is 16.9 Å². The number of likely N-dealkylation sites (N-methyl/N-ethyl adjacent to an activating group) is 1. The number of methoxy groups -OCH3 is 2. The number of ether oxygens (including phenoxy) is 2. The number of hydrogen-bond donors (Lipinski definition) is 0. The topological polar surface area (TPSA) is 24.9 Å². The van der Waals surface area contributed by atoms with E-state index in [9.17, 15) is 0 Å². The molecule has 2 aromatic rings. The quantitative estimate of drug-likeness (QED) is 0.623. The van der Waals surface area contributed by atoms with Crippen LogP contribution in [0, 0.1) is 11.8 Å². The van der Waals surface area contributed by atoms with Gasteiger partial charge in [0.1, 0.15) is 11.5 Å². The van der Waals surface area contributed by atoms with E-state index < -0.39 is 0 Å². The third kappa shape index (κ3) is 4.06. The second-order valence-corrected chi connectivity index (χ2v) is 10.9. The number of fused-ring (bicyclic) bond motifs is 2. The van der Waals surface area contributed by atoms with Crippen LogP contribution >= 0.6 is 0 Å². The largest absolute Gasteiger partial charge is 0.497 e. The van der Waals surface area contributed by atoms with Crippen molar-refractivity contribution in [2.75, 3.05) is 46.9 Å². The lowest BCUT2D eigenvalue weighted by molar-refractivity contribution is 0.243. The van der Waals surface area contributed by atoms with Gasteiger partial charge in [-0.1, -0.05) is 31.2 Å². The van der Waals surface area contributed by atoms with Crippen LogP contribution in [-0.2, 0) is 10.8 Å². The number of piperidine rings is 2. The molecule has 2 aromatic carbocycles. The van der Waals surface area contributed by atoms with E-state index in [1.54, 1.807) is 14.2 Å². The van der Waals surface area contributed by atoms with Crippen LogP contribution in [0.5, 0.6) is 11.5 Å². The molecule has 2 saturated heterocycles. The van der Waals surface area contributed by atoms with Gasteiger partial charge in [0.25, 0.3) is 0 Å². The second kappa shape index (κ2) is 8.63. The van der Waals surface area contributed by atoms with Crippen molar-refractivity contribution in [1.82, 2.24) is 9.80 Å². The van der Waals surface area contributed by atoms with Gasteiger partial charge < -0.3 is 14.4 Å². The van der Waals surface area contributed by atoms with Gasteiger partial charge in [0, 0.05) is 43.1 Å². The first-order valence-corrected chi connectivity index (χ1v) is 12.7. The van der Waals surface area contributed by atoms with E-state index in [0.717, 1.165) is 23.3 Å². The molecule has 4 fully saturated rings. The zero-order chi connectivity index (χ0) is 23.2. The fourth-order valence-electron chi connectivity index (χ4n) is 6.48. The summed E-state index contributed by atoms with van der Waals surface area (Å²) >= 11 is 0. The molecule has 0 spiro atoms. The number of likely N-dealkylation sites (tertiary alicyclic amines) is 2. The van der Waals surface area contributed by atoms with Gasteiger partial charge in [-0.25, -0.2) is 0 Å². The van der Waals surface area contributed by atoms with Gasteiger partial charge in [0.05, 0.1) is 14.2 Å². The summed E-state index contributed by atoms with van der Waals surface area (Å²) < 4.78 is 10.4. The highest BCUT2D eigenvalue weighted by molar-refractivity contribution is 5.41. The normalized spacial score (nSPS) is 32.1. The molecule has 2 aliphatic carbocycles. The molecule has 4 aliphatic rings. The number of benzene rings is 2. The molecule has 0 radical (unpaired) electrons. The Balaban J connectivity index is 0.000000139. The highest BCUT2D eigenvalue weighted by Gasteiger charge is 2.61. The molecular formula is C29H40N2O2. The maximum atomic E-state index is 5.23. The molecule has 4 nitrogen and oxygen atoms in total. The molecule has 2 aliphatic heterocycles. The zero-order valence-corrected chi connectivity index (χ0v) is 21.0. The number of rotatable bonds is 6. The molecule has 0 bridgehead atoms. The Morgan fingerprint density at radius 1 is 0.788 bits per heavy atom. The molecular weight excluding hydrogens is 408 g/mol. The fraction of sp³-hybridized carbons (Fsp3) is 0.586. The average molecular weight is 449 g/mol. The summed E-state index contributed by atoms with van der Waals surface area (Å²) in [6, 6.07) is 18.1. The summed E-state index contributed by atoms with van der Waals surface area (Å²) in [4.78, 5) is 5.18. The minimum absolute atomic E-state index is 0.469. The van der Waals surface area contributed by atoms with E-state index in [2.05, 4.69) is 79.1 Å². The molecule has 0 amide bonds. The minimum atomic E-state index is 0.469. The standard InChI is InChI=1S/C15H21NO.C14H19NO/c1-11(2)16-9-13-8-15(13,10-16)12-4-6-14(17-3)7-5-12;1-3-15-9-12-8-14(12,10-15)11-4-6-13(16-2)7-5-11/h4-7,11,13H,8-10H2,1-3H3;4-7,12H,3,8-10H2,1-2H3. The molecule has 4 atom stereocenters. The Bertz CT molecular complexity index is 957. The maximum Gasteiger partial charge on any atom is 0.118 e. The molecule has 0 aromatic heterocycles. The van der Waals surface area contributed by atoms with E-state index >= 15 is 0 Å². The van der Waals surface area contributed by atoms with Crippen molar-refractivity contribution in [3.05, 3.63) is 59.7 Å². The van der Waals surface area contributed by atoms with E-state index in [4.69, 9.17) is 9.47 Å². The maximum absolute atomic E-state index is 5.23. The first-order valence-electron chi connectivity index (χ1n) is 12.7. The van der Waals surface area contributed by atoms with E-state index in [-0.39, 0.29) is 0 Å². The number of hydrogen-bond acceptors (Lipinski definition) is 4. The van der Waals surface area contributed by atoms with Crippen LogP contribution in [-0.4, -0.2) is 62.8 Å². The molecule has 4 heteroatoms. The van der Waals surface area contributed by atoms with Crippen LogP contribution in [0.2, 0.25) is 0 Å². The highest BCUT2D eigenvalue weighted by Crippen LogP contribution is 2.60. The Labute approximate surface area is 199 Å². The second-order valence-electron chi connectivity index (χ2n) is 10.9. The summed E-state index contributed by atoms with van der Waals surface area (Å²) in [6.45, 7) is 13.1. The molecule has 4 unspecified atom stereocenters. The van der Waals surface area contributed by atoms with Crippen molar-refractivity contribution >= 4 is 0 Å². The summed E-state index contributed by atoms with van der Waals surface area (Å²) in [5.74, 6) is 3.71. The van der Waals surface area contributed by atoms with Gasteiger partial charge in [-0.2, -0.15) is 0 Å².